The number of pyridine rings is 1. The number of hydrogen-bond acceptors (Lipinski definition) is 2. The van der Waals surface area contributed by atoms with Gasteiger partial charge in [0.05, 0.1) is 5.52 Å². The van der Waals surface area contributed by atoms with E-state index in [1.807, 2.05) is 12.3 Å². The fourth-order valence-electron chi connectivity index (χ4n) is 3.22. The Morgan fingerprint density at radius 1 is 1.16 bits per heavy atom. The van der Waals surface area contributed by atoms with E-state index in [4.69, 9.17) is 5.73 Å². The Morgan fingerprint density at radius 2 is 1.95 bits per heavy atom. The van der Waals surface area contributed by atoms with E-state index in [-0.39, 0.29) is 6.04 Å². The van der Waals surface area contributed by atoms with Gasteiger partial charge in [-0.25, -0.2) is 0 Å². The summed E-state index contributed by atoms with van der Waals surface area (Å²) in [6.07, 6.45) is 7.03. The number of benzene rings is 1. The lowest BCUT2D eigenvalue weighted by Crippen LogP contribution is -2.25. The normalized spacial score (nSPS) is 25.4. The molecule has 0 saturated heterocycles. The Morgan fingerprint density at radius 3 is 2.74 bits per heavy atom. The van der Waals surface area contributed by atoms with E-state index in [2.05, 4.69) is 36.2 Å². The highest BCUT2D eigenvalue weighted by Crippen LogP contribution is 2.35. The van der Waals surface area contributed by atoms with E-state index in [9.17, 15) is 0 Å². The molecule has 0 radical (unpaired) electrons. The van der Waals surface area contributed by atoms with Gasteiger partial charge in [0, 0.05) is 17.6 Å². The van der Waals surface area contributed by atoms with Gasteiger partial charge in [0.2, 0.25) is 0 Å². The molecule has 1 atom stereocenters. The lowest BCUT2D eigenvalue weighted by atomic mass is 9.77. The molecule has 1 heterocycles. The molecule has 3 rings (SSSR count). The predicted molar refractivity (Wildman–Crippen MR) is 79.8 cm³/mol. The van der Waals surface area contributed by atoms with Crippen LogP contribution in [0, 0.1) is 11.8 Å². The van der Waals surface area contributed by atoms with E-state index in [1.165, 1.54) is 36.6 Å². The summed E-state index contributed by atoms with van der Waals surface area (Å²) in [4.78, 5) is 4.36. The first-order valence-corrected chi connectivity index (χ1v) is 7.34. The molecule has 19 heavy (non-hydrogen) atoms. The van der Waals surface area contributed by atoms with Crippen LogP contribution in [0.15, 0.2) is 36.5 Å². The minimum Gasteiger partial charge on any atom is -0.324 e. The average molecular weight is 254 g/mol. The number of rotatable bonds is 2. The molecule has 1 saturated carbocycles. The highest BCUT2D eigenvalue weighted by atomic mass is 14.7. The van der Waals surface area contributed by atoms with Crippen LogP contribution in [0.2, 0.25) is 0 Å². The third-order valence-corrected chi connectivity index (χ3v) is 4.58. The number of fused-ring (bicyclic) bond motifs is 1. The fourth-order valence-corrected chi connectivity index (χ4v) is 3.22. The molecule has 2 N–H and O–H groups in total. The molecule has 1 aromatic heterocycles. The van der Waals surface area contributed by atoms with E-state index in [0.717, 1.165) is 11.4 Å². The molecule has 1 aliphatic rings. The first kappa shape index (κ1) is 12.6. The maximum atomic E-state index is 6.49. The second kappa shape index (κ2) is 5.30. The number of nitrogens with two attached hydrogens (primary N) is 1. The maximum Gasteiger partial charge on any atom is 0.0702 e. The first-order valence-electron chi connectivity index (χ1n) is 7.34. The van der Waals surface area contributed by atoms with Gasteiger partial charge in [0.25, 0.3) is 0 Å². The third kappa shape index (κ3) is 2.64. The topological polar surface area (TPSA) is 38.9 Å². The van der Waals surface area contributed by atoms with Crippen LogP contribution in [0.3, 0.4) is 0 Å². The summed E-state index contributed by atoms with van der Waals surface area (Å²) in [7, 11) is 0. The summed E-state index contributed by atoms with van der Waals surface area (Å²) in [5, 5.41) is 1.19. The van der Waals surface area contributed by atoms with Gasteiger partial charge >= 0.3 is 0 Å². The SMILES string of the molecule is CC1CCC(C(N)c2ccc3ncccc3c2)CC1. The van der Waals surface area contributed by atoms with E-state index >= 15 is 0 Å². The quantitative estimate of drug-likeness (QED) is 0.877. The van der Waals surface area contributed by atoms with E-state index in [1.54, 1.807) is 0 Å². The molecular weight excluding hydrogens is 232 g/mol. The van der Waals surface area contributed by atoms with Crippen molar-refractivity contribution in [2.45, 2.75) is 38.6 Å². The number of nitrogens with zero attached hydrogens (tertiary/aromatic N) is 1. The summed E-state index contributed by atoms with van der Waals surface area (Å²) in [5.74, 6) is 1.52. The van der Waals surface area contributed by atoms with E-state index < -0.39 is 0 Å². The average Bonchev–Trinajstić information content (AvgIpc) is 2.47. The smallest absolute Gasteiger partial charge is 0.0702 e. The molecule has 2 aromatic rings. The largest absolute Gasteiger partial charge is 0.324 e. The van der Waals surface area contributed by atoms with Crippen molar-refractivity contribution in [3.05, 3.63) is 42.1 Å². The first-order chi connectivity index (χ1) is 9.24. The molecule has 1 fully saturated rings. The number of hydrogen-bond donors (Lipinski definition) is 1. The van der Waals surface area contributed by atoms with Gasteiger partial charge in [-0.2, -0.15) is 0 Å². The number of aromatic nitrogens is 1. The van der Waals surface area contributed by atoms with Crippen molar-refractivity contribution >= 4 is 10.9 Å². The summed E-state index contributed by atoms with van der Waals surface area (Å²) in [6.45, 7) is 2.35. The molecule has 0 bridgehead atoms. The van der Waals surface area contributed by atoms with Gasteiger partial charge in [-0.15, -0.1) is 0 Å². The molecule has 2 heteroatoms. The van der Waals surface area contributed by atoms with Crippen molar-refractivity contribution < 1.29 is 0 Å². The molecule has 2 nitrogen and oxygen atoms in total. The van der Waals surface area contributed by atoms with Crippen LogP contribution >= 0.6 is 0 Å². The lowest BCUT2D eigenvalue weighted by molar-refractivity contribution is 0.256. The van der Waals surface area contributed by atoms with Crippen LogP contribution < -0.4 is 5.73 Å². The van der Waals surface area contributed by atoms with Gasteiger partial charge < -0.3 is 5.73 Å². The van der Waals surface area contributed by atoms with Crippen LogP contribution in [0.4, 0.5) is 0 Å². The Kier molecular flexibility index (Phi) is 3.52. The standard InChI is InChI=1S/C17H22N2/c1-12-4-6-13(7-5-12)17(18)15-8-9-16-14(11-15)3-2-10-19-16/h2-3,8-13,17H,4-7,18H2,1H3. The highest BCUT2D eigenvalue weighted by molar-refractivity contribution is 5.79. The molecule has 1 aromatic carbocycles. The lowest BCUT2D eigenvalue weighted by Gasteiger charge is -2.31. The Bertz CT molecular complexity index is 556. The zero-order valence-corrected chi connectivity index (χ0v) is 11.5. The zero-order chi connectivity index (χ0) is 13.2. The van der Waals surface area contributed by atoms with Crippen LogP contribution in [0.1, 0.15) is 44.2 Å². The second-order valence-corrected chi connectivity index (χ2v) is 6.00. The predicted octanol–water partition coefficient (Wildman–Crippen LogP) is 4.06. The maximum absolute atomic E-state index is 6.49. The second-order valence-electron chi connectivity index (χ2n) is 6.00. The molecule has 1 unspecified atom stereocenters. The summed E-state index contributed by atoms with van der Waals surface area (Å²) in [5.41, 5.74) is 8.80. The van der Waals surface area contributed by atoms with Gasteiger partial charge in [-0.05, 0) is 48.4 Å². The van der Waals surface area contributed by atoms with Crippen molar-refractivity contribution in [3.63, 3.8) is 0 Å². The van der Waals surface area contributed by atoms with Crippen LogP contribution in [-0.4, -0.2) is 4.98 Å². The summed E-state index contributed by atoms with van der Waals surface area (Å²) < 4.78 is 0. The van der Waals surface area contributed by atoms with Crippen molar-refractivity contribution in [3.8, 4) is 0 Å². The van der Waals surface area contributed by atoms with Crippen LogP contribution in [0.25, 0.3) is 10.9 Å². The van der Waals surface area contributed by atoms with E-state index in [0.29, 0.717) is 5.92 Å². The molecule has 0 spiro atoms. The Hall–Kier alpha value is -1.41. The third-order valence-electron chi connectivity index (χ3n) is 4.58. The Balaban J connectivity index is 1.83. The van der Waals surface area contributed by atoms with Crippen molar-refractivity contribution in [2.75, 3.05) is 0 Å². The van der Waals surface area contributed by atoms with Crippen molar-refractivity contribution in [2.24, 2.45) is 17.6 Å². The summed E-state index contributed by atoms with van der Waals surface area (Å²) in [6, 6.07) is 10.7. The fraction of sp³-hybridized carbons (Fsp3) is 0.471. The minimum atomic E-state index is 0.178. The van der Waals surface area contributed by atoms with Gasteiger partial charge in [-0.3, -0.25) is 4.98 Å². The van der Waals surface area contributed by atoms with Gasteiger partial charge in [0.1, 0.15) is 0 Å². The van der Waals surface area contributed by atoms with Crippen LogP contribution in [0.5, 0.6) is 0 Å². The van der Waals surface area contributed by atoms with Crippen molar-refractivity contribution in [1.82, 2.24) is 4.98 Å². The monoisotopic (exact) mass is 254 g/mol. The van der Waals surface area contributed by atoms with Gasteiger partial charge in [0.15, 0.2) is 0 Å². The molecule has 100 valence electrons. The van der Waals surface area contributed by atoms with Crippen molar-refractivity contribution in [1.29, 1.82) is 0 Å². The molecule has 0 amide bonds. The van der Waals surface area contributed by atoms with Crippen LogP contribution in [-0.2, 0) is 0 Å². The molecule has 0 aliphatic heterocycles. The Labute approximate surface area is 115 Å². The highest BCUT2D eigenvalue weighted by Gasteiger charge is 2.24. The van der Waals surface area contributed by atoms with Gasteiger partial charge in [-0.1, -0.05) is 31.9 Å². The zero-order valence-electron chi connectivity index (χ0n) is 11.5. The summed E-state index contributed by atoms with van der Waals surface area (Å²) >= 11 is 0. The molecule has 1 aliphatic carbocycles. The molecular formula is C17H22N2. The minimum absolute atomic E-state index is 0.178.